The molecule has 0 heterocycles. The minimum Gasteiger partial charge on any atom is -0.325 e. The number of anilines is 1. The molecule has 0 bridgehead atoms. The van der Waals surface area contributed by atoms with Gasteiger partial charge in [-0.25, -0.2) is 8.42 Å². The lowest BCUT2D eigenvalue weighted by Crippen LogP contribution is -2.25. The van der Waals surface area contributed by atoms with Crippen molar-refractivity contribution in [3.63, 3.8) is 0 Å². The van der Waals surface area contributed by atoms with Crippen LogP contribution in [-0.4, -0.2) is 34.2 Å². The Balaban J connectivity index is 2.88. The van der Waals surface area contributed by atoms with E-state index in [0.29, 0.717) is 5.69 Å². The molecule has 0 spiro atoms. The topological polar surface area (TPSA) is 75.3 Å². The molecule has 1 amide bonds. The van der Waals surface area contributed by atoms with Gasteiger partial charge in [-0.3, -0.25) is 4.79 Å². The number of benzene rings is 1. The van der Waals surface area contributed by atoms with Gasteiger partial charge in [0.05, 0.1) is 11.4 Å². The zero-order valence-electron chi connectivity index (χ0n) is 9.15. The maximum absolute atomic E-state index is 11.3. The molecule has 0 fully saturated rings. The van der Waals surface area contributed by atoms with Crippen LogP contribution in [0.3, 0.4) is 0 Å². The molecule has 0 saturated carbocycles. The Bertz CT molecular complexity index is 483. The van der Waals surface area contributed by atoms with Crippen molar-refractivity contribution in [2.75, 3.05) is 25.2 Å². The van der Waals surface area contributed by atoms with E-state index in [1.54, 1.807) is 19.2 Å². The Morgan fingerprint density at radius 1 is 1.38 bits per heavy atom. The molecule has 0 unspecified atom stereocenters. The lowest BCUT2D eigenvalue weighted by molar-refractivity contribution is -0.115. The summed E-state index contributed by atoms with van der Waals surface area (Å²) in [5.74, 6) is -0.215. The summed E-state index contributed by atoms with van der Waals surface area (Å²) in [7, 11) is -1.58. The summed E-state index contributed by atoms with van der Waals surface area (Å²) in [6.45, 7) is 0.184. The van der Waals surface area contributed by atoms with Gasteiger partial charge in [-0.15, -0.1) is 0 Å². The van der Waals surface area contributed by atoms with Gasteiger partial charge in [0.2, 0.25) is 5.91 Å². The van der Waals surface area contributed by atoms with Crippen molar-refractivity contribution < 1.29 is 13.2 Å². The van der Waals surface area contributed by atoms with Gasteiger partial charge in [-0.05, 0) is 25.2 Å². The van der Waals surface area contributed by atoms with Crippen molar-refractivity contribution in [1.82, 2.24) is 5.32 Å². The summed E-state index contributed by atoms with van der Waals surface area (Å²) in [5.41, 5.74) is 0.475. The van der Waals surface area contributed by atoms with Crippen molar-refractivity contribution in [1.29, 1.82) is 0 Å². The molecule has 1 rings (SSSR count). The molecule has 1 aromatic carbocycles. The maximum Gasteiger partial charge on any atom is 0.238 e. The standard InChI is InChI=1S/C10H14N2O3S/c1-11-7-10(13)12-8-4-3-5-9(6-8)16(2,14)15/h3-6,11H,7H2,1-2H3,(H,12,13). The normalized spacial score (nSPS) is 11.1. The van der Waals surface area contributed by atoms with E-state index in [0.717, 1.165) is 6.26 Å². The van der Waals surface area contributed by atoms with Gasteiger partial charge in [-0.2, -0.15) is 0 Å². The number of amides is 1. The van der Waals surface area contributed by atoms with E-state index in [1.165, 1.54) is 12.1 Å². The minimum absolute atomic E-state index is 0.184. The summed E-state index contributed by atoms with van der Waals surface area (Å²) in [5, 5.41) is 5.29. The van der Waals surface area contributed by atoms with Gasteiger partial charge in [0, 0.05) is 11.9 Å². The fourth-order valence-corrected chi connectivity index (χ4v) is 1.84. The molecule has 2 N–H and O–H groups in total. The molecule has 0 aliphatic rings. The smallest absolute Gasteiger partial charge is 0.238 e. The van der Waals surface area contributed by atoms with Crippen LogP contribution in [0.4, 0.5) is 5.69 Å². The number of carbonyl (C=O) groups excluding carboxylic acids is 1. The van der Waals surface area contributed by atoms with Crippen molar-refractivity contribution >= 4 is 21.4 Å². The van der Waals surface area contributed by atoms with E-state index < -0.39 is 9.84 Å². The van der Waals surface area contributed by atoms with Gasteiger partial charge in [0.15, 0.2) is 9.84 Å². The highest BCUT2D eigenvalue weighted by molar-refractivity contribution is 7.90. The molecule has 5 nitrogen and oxygen atoms in total. The highest BCUT2D eigenvalue weighted by Gasteiger charge is 2.08. The molecule has 16 heavy (non-hydrogen) atoms. The van der Waals surface area contributed by atoms with Gasteiger partial charge < -0.3 is 10.6 Å². The van der Waals surface area contributed by atoms with Crippen LogP contribution in [0.15, 0.2) is 29.2 Å². The summed E-state index contributed by atoms with van der Waals surface area (Å²) < 4.78 is 22.5. The Kier molecular flexibility index (Phi) is 4.03. The monoisotopic (exact) mass is 242 g/mol. The number of nitrogens with one attached hydrogen (secondary N) is 2. The van der Waals surface area contributed by atoms with Crippen LogP contribution in [0.5, 0.6) is 0 Å². The van der Waals surface area contributed by atoms with Crippen LogP contribution in [0, 0.1) is 0 Å². The SMILES string of the molecule is CNCC(=O)Nc1cccc(S(C)(=O)=O)c1. The average molecular weight is 242 g/mol. The lowest BCUT2D eigenvalue weighted by atomic mass is 10.3. The second kappa shape index (κ2) is 5.09. The first-order valence-electron chi connectivity index (χ1n) is 4.68. The Hall–Kier alpha value is -1.40. The number of hydrogen-bond donors (Lipinski definition) is 2. The number of carbonyl (C=O) groups is 1. The predicted molar refractivity (Wildman–Crippen MR) is 62.1 cm³/mol. The Labute approximate surface area is 94.8 Å². The molecule has 0 aliphatic heterocycles. The van der Waals surface area contributed by atoms with Crippen LogP contribution in [0.25, 0.3) is 0 Å². The van der Waals surface area contributed by atoms with Crippen LogP contribution in [0.1, 0.15) is 0 Å². The number of sulfone groups is 1. The molecule has 6 heteroatoms. The van der Waals surface area contributed by atoms with E-state index in [9.17, 15) is 13.2 Å². The van der Waals surface area contributed by atoms with E-state index in [-0.39, 0.29) is 17.3 Å². The van der Waals surface area contributed by atoms with Crippen molar-refractivity contribution in [3.8, 4) is 0 Å². The fraction of sp³-hybridized carbons (Fsp3) is 0.300. The zero-order chi connectivity index (χ0) is 12.2. The molecule has 0 saturated heterocycles. The average Bonchev–Trinajstić information content (AvgIpc) is 2.17. The zero-order valence-corrected chi connectivity index (χ0v) is 9.97. The molecular formula is C10H14N2O3S. The van der Waals surface area contributed by atoms with Crippen molar-refractivity contribution in [2.24, 2.45) is 0 Å². The van der Waals surface area contributed by atoms with Gasteiger partial charge in [-0.1, -0.05) is 6.07 Å². The second-order valence-corrected chi connectivity index (χ2v) is 5.39. The Morgan fingerprint density at radius 2 is 2.06 bits per heavy atom. The van der Waals surface area contributed by atoms with Crippen molar-refractivity contribution in [2.45, 2.75) is 4.90 Å². The third-order valence-corrected chi connectivity index (χ3v) is 2.99. The van der Waals surface area contributed by atoms with E-state index in [2.05, 4.69) is 10.6 Å². The fourth-order valence-electron chi connectivity index (χ4n) is 1.17. The van der Waals surface area contributed by atoms with Crippen LogP contribution in [0.2, 0.25) is 0 Å². The second-order valence-electron chi connectivity index (χ2n) is 3.38. The Morgan fingerprint density at radius 3 is 2.62 bits per heavy atom. The maximum atomic E-state index is 11.3. The predicted octanol–water partition coefficient (Wildman–Crippen LogP) is 0.248. The van der Waals surface area contributed by atoms with Gasteiger partial charge >= 0.3 is 0 Å². The molecule has 0 radical (unpaired) electrons. The first kappa shape index (κ1) is 12.7. The third kappa shape index (κ3) is 3.63. The highest BCUT2D eigenvalue weighted by Crippen LogP contribution is 2.14. The summed E-state index contributed by atoms with van der Waals surface area (Å²) in [6, 6.07) is 6.15. The third-order valence-electron chi connectivity index (χ3n) is 1.88. The van der Waals surface area contributed by atoms with E-state index in [4.69, 9.17) is 0 Å². The molecule has 0 aliphatic carbocycles. The molecule has 1 aromatic rings. The largest absolute Gasteiger partial charge is 0.325 e. The van der Waals surface area contributed by atoms with Crippen LogP contribution >= 0.6 is 0 Å². The minimum atomic E-state index is -3.24. The quantitative estimate of drug-likeness (QED) is 0.793. The summed E-state index contributed by atoms with van der Waals surface area (Å²) >= 11 is 0. The van der Waals surface area contributed by atoms with Gasteiger partial charge in [0.1, 0.15) is 0 Å². The van der Waals surface area contributed by atoms with Crippen LogP contribution in [-0.2, 0) is 14.6 Å². The molecular weight excluding hydrogens is 228 g/mol. The van der Waals surface area contributed by atoms with Gasteiger partial charge in [0.25, 0.3) is 0 Å². The highest BCUT2D eigenvalue weighted by atomic mass is 32.2. The molecule has 0 atom stereocenters. The number of rotatable bonds is 4. The summed E-state index contributed by atoms with van der Waals surface area (Å²) in [6.07, 6.45) is 1.13. The van der Waals surface area contributed by atoms with E-state index in [1.807, 2.05) is 0 Å². The van der Waals surface area contributed by atoms with Crippen LogP contribution < -0.4 is 10.6 Å². The molecule has 88 valence electrons. The first-order chi connectivity index (χ1) is 7.43. The first-order valence-corrected chi connectivity index (χ1v) is 6.57. The molecule has 0 aromatic heterocycles. The number of hydrogen-bond acceptors (Lipinski definition) is 4. The lowest BCUT2D eigenvalue weighted by Gasteiger charge is -2.06. The van der Waals surface area contributed by atoms with Crippen molar-refractivity contribution in [3.05, 3.63) is 24.3 Å². The number of likely N-dealkylation sites (N-methyl/N-ethyl adjacent to an activating group) is 1. The van der Waals surface area contributed by atoms with E-state index >= 15 is 0 Å². The summed E-state index contributed by atoms with van der Waals surface area (Å²) in [4.78, 5) is 11.4.